The normalized spacial score (nSPS) is 32.4. The van der Waals surface area contributed by atoms with E-state index in [9.17, 15) is 14.3 Å². The molecule has 4 saturated carbocycles. The molecule has 0 saturated heterocycles. The molecule has 7 nitrogen and oxygen atoms in total. The van der Waals surface area contributed by atoms with E-state index in [1.807, 2.05) is 24.0 Å². The lowest BCUT2D eigenvalue weighted by Gasteiger charge is -2.54. The number of hydrogen-bond acceptors (Lipinski definition) is 6. The van der Waals surface area contributed by atoms with Gasteiger partial charge in [0, 0.05) is 23.6 Å². The smallest absolute Gasteiger partial charge is 0.263 e. The molecule has 1 aliphatic heterocycles. The fourth-order valence-corrected chi connectivity index (χ4v) is 7.21. The Bertz CT molecular complexity index is 1240. The monoisotopic (exact) mass is 537 g/mol. The maximum Gasteiger partial charge on any atom is 0.263 e. The molecule has 0 spiro atoms. The number of aromatic nitrogens is 2. The molecule has 0 unspecified atom stereocenters. The van der Waals surface area contributed by atoms with E-state index in [0.29, 0.717) is 38.4 Å². The molecule has 1 N–H and O–H groups in total. The van der Waals surface area contributed by atoms with Crippen molar-refractivity contribution in [1.29, 1.82) is 0 Å². The Hall–Kier alpha value is -2.58. The summed E-state index contributed by atoms with van der Waals surface area (Å²) in [6.45, 7) is 6.69. The van der Waals surface area contributed by atoms with Crippen molar-refractivity contribution in [2.75, 3.05) is 24.7 Å². The Morgan fingerprint density at radius 2 is 1.90 bits per heavy atom. The number of alkyl halides is 1. The van der Waals surface area contributed by atoms with Gasteiger partial charge in [-0.15, -0.1) is 0 Å². The number of carbonyl (C=O) groups excluding carboxylic acids is 1. The Morgan fingerprint density at radius 1 is 1.18 bits per heavy atom. The van der Waals surface area contributed by atoms with Crippen LogP contribution in [-0.4, -0.2) is 46.5 Å². The van der Waals surface area contributed by atoms with Crippen molar-refractivity contribution in [3.05, 3.63) is 47.6 Å². The van der Waals surface area contributed by atoms with Crippen LogP contribution in [0, 0.1) is 11.3 Å². The van der Waals surface area contributed by atoms with Gasteiger partial charge in [-0.1, -0.05) is 23.4 Å². The van der Waals surface area contributed by atoms with Crippen molar-refractivity contribution < 1.29 is 23.6 Å². The fraction of sp³-hybridized carbons (Fsp3) is 0.645. The summed E-state index contributed by atoms with van der Waals surface area (Å²) >= 11 is 0. The molecule has 4 fully saturated rings. The fourth-order valence-electron chi connectivity index (χ4n) is 7.21. The van der Waals surface area contributed by atoms with Gasteiger partial charge in [-0.3, -0.25) is 4.79 Å². The van der Waals surface area contributed by atoms with Gasteiger partial charge in [0.05, 0.1) is 18.8 Å². The minimum Gasteiger partial charge on any atom is -0.390 e. The molecule has 1 aromatic heterocycles. The zero-order valence-electron chi connectivity index (χ0n) is 23.3. The predicted octanol–water partition coefficient (Wildman–Crippen LogP) is 5.86. The number of fused-ring (bicyclic) bond motifs is 3. The van der Waals surface area contributed by atoms with E-state index in [0.717, 1.165) is 56.2 Å². The molecular weight excluding hydrogens is 497 g/mol. The third-order valence-corrected chi connectivity index (χ3v) is 9.78. The first kappa shape index (κ1) is 26.6. The van der Waals surface area contributed by atoms with E-state index in [1.165, 1.54) is 19.4 Å². The Kier molecular flexibility index (Phi) is 6.50. The van der Waals surface area contributed by atoms with Gasteiger partial charge in [-0.25, -0.2) is 4.39 Å². The number of amides is 1. The zero-order valence-corrected chi connectivity index (χ0v) is 23.3. The second-order valence-corrected chi connectivity index (χ2v) is 13.3. The molecule has 4 aliphatic carbocycles. The van der Waals surface area contributed by atoms with Crippen molar-refractivity contribution in [3.63, 3.8) is 0 Å². The first-order valence-electron chi connectivity index (χ1n) is 14.4. The van der Waals surface area contributed by atoms with Crippen LogP contribution in [-0.2, 0) is 20.6 Å². The van der Waals surface area contributed by atoms with Crippen LogP contribution in [0.1, 0.15) is 95.8 Å². The zero-order chi connectivity index (χ0) is 27.5. The molecule has 210 valence electrons. The lowest BCUT2D eigenvalue weighted by atomic mass is 9.53. The summed E-state index contributed by atoms with van der Waals surface area (Å²) in [6, 6.07) is 8.36. The van der Waals surface area contributed by atoms with Crippen LogP contribution >= 0.6 is 0 Å². The van der Waals surface area contributed by atoms with E-state index in [-0.39, 0.29) is 28.5 Å². The van der Waals surface area contributed by atoms with Crippen LogP contribution in [0.2, 0.25) is 0 Å². The second kappa shape index (κ2) is 9.51. The summed E-state index contributed by atoms with van der Waals surface area (Å²) in [6.07, 6.45) is 9.62. The molecule has 0 atom stereocenters. The molecule has 5 aliphatic rings. The molecule has 1 aromatic carbocycles. The van der Waals surface area contributed by atoms with Crippen molar-refractivity contribution in [3.8, 4) is 0 Å². The molecule has 2 heterocycles. The lowest BCUT2D eigenvalue weighted by molar-refractivity contribution is -0.137. The molecule has 1 amide bonds. The highest BCUT2D eigenvalue weighted by atomic mass is 19.1. The van der Waals surface area contributed by atoms with E-state index in [2.05, 4.69) is 28.3 Å². The van der Waals surface area contributed by atoms with E-state index >= 15 is 0 Å². The lowest BCUT2D eigenvalue weighted by Crippen LogP contribution is -2.54. The number of hydrogen-bond donors (Lipinski definition) is 1. The van der Waals surface area contributed by atoms with E-state index < -0.39 is 11.3 Å². The molecular formula is C31H40FN3O4. The van der Waals surface area contributed by atoms with Crippen molar-refractivity contribution in [1.82, 2.24) is 10.1 Å². The summed E-state index contributed by atoms with van der Waals surface area (Å²) in [5.41, 5.74) is 0.762. The highest BCUT2D eigenvalue weighted by molar-refractivity contribution is 5.96. The first-order valence-corrected chi connectivity index (χ1v) is 14.4. The van der Waals surface area contributed by atoms with Crippen LogP contribution in [0.15, 0.2) is 34.9 Å². The van der Waals surface area contributed by atoms with E-state index in [1.54, 1.807) is 0 Å². The van der Waals surface area contributed by atoms with Crippen LogP contribution in [0.25, 0.3) is 5.57 Å². The summed E-state index contributed by atoms with van der Waals surface area (Å²) in [5, 5.41) is 14.6. The minimum absolute atomic E-state index is 0.0174. The Morgan fingerprint density at radius 3 is 2.49 bits per heavy atom. The number of ether oxygens (including phenoxy) is 1. The number of rotatable bonds is 7. The third kappa shape index (κ3) is 5.06. The SMILES string of the molecule is CC1(O)CC(C(=O)N(CC23CCC(c4noc(C(C)(C)F)n4)(CC2)CC3)c2cccc(C3=CCOCC3)c2)C1. The van der Waals surface area contributed by atoms with Crippen molar-refractivity contribution in [2.24, 2.45) is 11.3 Å². The minimum atomic E-state index is -1.66. The Labute approximate surface area is 229 Å². The van der Waals surface area contributed by atoms with Gasteiger partial charge >= 0.3 is 0 Å². The van der Waals surface area contributed by atoms with Crippen LogP contribution in [0.4, 0.5) is 10.1 Å². The van der Waals surface area contributed by atoms with Crippen molar-refractivity contribution >= 4 is 17.2 Å². The van der Waals surface area contributed by atoms with Gasteiger partial charge in [0.1, 0.15) is 0 Å². The summed E-state index contributed by atoms with van der Waals surface area (Å²) in [4.78, 5) is 20.4. The maximum atomic E-state index is 14.4. The molecule has 39 heavy (non-hydrogen) atoms. The van der Waals surface area contributed by atoms with Gasteiger partial charge in [0.25, 0.3) is 5.89 Å². The number of carbonyl (C=O) groups is 1. The molecule has 8 heteroatoms. The second-order valence-electron chi connectivity index (χ2n) is 13.3. The van der Waals surface area contributed by atoms with Crippen molar-refractivity contribution in [2.45, 2.75) is 95.2 Å². The molecule has 2 bridgehead atoms. The van der Waals surface area contributed by atoms with Crippen LogP contribution in [0.3, 0.4) is 0 Å². The molecule has 7 rings (SSSR count). The van der Waals surface area contributed by atoms with Crippen LogP contribution in [0.5, 0.6) is 0 Å². The third-order valence-electron chi connectivity index (χ3n) is 9.78. The molecule has 2 aromatic rings. The van der Waals surface area contributed by atoms with Crippen LogP contribution < -0.4 is 4.90 Å². The number of nitrogens with zero attached hydrogens (tertiary/aromatic N) is 3. The van der Waals surface area contributed by atoms with Gasteiger partial charge in [0.2, 0.25) is 5.91 Å². The largest absolute Gasteiger partial charge is 0.390 e. The molecule has 0 radical (unpaired) electrons. The summed E-state index contributed by atoms with van der Waals surface area (Å²) < 4.78 is 25.2. The number of halogens is 1. The number of aliphatic hydroxyl groups is 1. The summed E-state index contributed by atoms with van der Waals surface area (Å²) in [7, 11) is 0. The standard InChI is InChI=1S/C31H40FN3O4/c1-28(2,32)27-33-26(34-39-27)31-12-9-30(10-13-31,11-14-31)20-35(25(36)23-18-29(3,37)19-23)24-6-4-5-22(17-24)21-7-15-38-16-8-21/h4-7,17,23,37H,8-16,18-20H2,1-3H3. The first-order chi connectivity index (χ1) is 18.5. The predicted molar refractivity (Wildman–Crippen MR) is 146 cm³/mol. The number of benzene rings is 1. The van der Waals surface area contributed by atoms with E-state index in [4.69, 9.17) is 9.26 Å². The average molecular weight is 538 g/mol. The van der Waals surface area contributed by atoms with Gasteiger partial charge in [-0.05, 0) is 107 Å². The van der Waals surface area contributed by atoms with Gasteiger partial charge < -0.3 is 19.3 Å². The van der Waals surface area contributed by atoms with Gasteiger partial charge in [-0.2, -0.15) is 4.98 Å². The average Bonchev–Trinajstić information content (AvgIpc) is 3.44. The number of anilines is 1. The highest BCUT2D eigenvalue weighted by Gasteiger charge is 2.53. The van der Waals surface area contributed by atoms with Gasteiger partial charge in [0.15, 0.2) is 11.5 Å². The maximum absolute atomic E-state index is 14.4. The Balaban J connectivity index is 1.24. The highest BCUT2D eigenvalue weighted by Crippen LogP contribution is 2.58. The summed E-state index contributed by atoms with van der Waals surface area (Å²) in [5.74, 6) is 0.639. The topological polar surface area (TPSA) is 88.7 Å². The quantitative estimate of drug-likeness (QED) is 0.476.